The summed E-state index contributed by atoms with van der Waals surface area (Å²) in [6.45, 7) is 2.08. The summed E-state index contributed by atoms with van der Waals surface area (Å²) in [6.07, 6.45) is 2.58. The Bertz CT molecular complexity index is 720. The van der Waals surface area contributed by atoms with Crippen LogP contribution in [0, 0.1) is 11.3 Å². The summed E-state index contributed by atoms with van der Waals surface area (Å²) in [5.74, 6) is 0.388. The summed E-state index contributed by atoms with van der Waals surface area (Å²) in [4.78, 5) is 12.4. The zero-order chi connectivity index (χ0) is 15.9. The van der Waals surface area contributed by atoms with E-state index >= 15 is 0 Å². The van der Waals surface area contributed by atoms with Crippen LogP contribution in [0.3, 0.4) is 0 Å². The number of carbonyl (C=O) groups excluding carboxylic acids is 1. The molecule has 0 aliphatic carbocycles. The molecule has 2 aromatic rings. The smallest absolute Gasteiger partial charge is 0.203 e. The van der Waals surface area contributed by atoms with Gasteiger partial charge in [-0.2, -0.15) is 5.26 Å². The number of carbonyl (C=O) groups is 1. The Labute approximate surface area is 130 Å². The van der Waals surface area contributed by atoms with Crippen molar-refractivity contribution in [3.8, 4) is 11.8 Å². The fourth-order valence-corrected chi connectivity index (χ4v) is 2.06. The number of hydrogen-bond acceptors (Lipinski definition) is 3. The van der Waals surface area contributed by atoms with Crippen LogP contribution in [0.25, 0.3) is 6.08 Å². The van der Waals surface area contributed by atoms with Crippen molar-refractivity contribution in [2.24, 2.45) is 0 Å². The lowest BCUT2D eigenvalue weighted by Gasteiger charge is -2.03. The molecular weight excluding hydrogens is 274 g/mol. The van der Waals surface area contributed by atoms with Gasteiger partial charge < -0.3 is 4.74 Å². The maximum atomic E-state index is 12.4. The number of Topliss-reactive ketones (excluding diaryl/α,β-unsaturated/α-hetero) is 1. The van der Waals surface area contributed by atoms with Gasteiger partial charge in [-0.05, 0) is 47.9 Å². The second-order valence-corrected chi connectivity index (χ2v) is 4.82. The van der Waals surface area contributed by atoms with Crippen LogP contribution in [0.5, 0.6) is 5.75 Å². The molecule has 0 aliphatic heterocycles. The Morgan fingerprint density at radius 2 is 1.77 bits per heavy atom. The van der Waals surface area contributed by atoms with E-state index in [-0.39, 0.29) is 11.4 Å². The van der Waals surface area contributed by atoms with E-state index in [9.17, 15) is 10.1 Å². The van der Waals surface area contributed by atoms with Crippen molar-refractivity contribution in [2.75, 3.05) is 7.11 Å². The van der Waals surface area contributed by atoms with Gasteiger partial charge >= 0.3 is 0 Å². The van der Waals surface area contributed by atoms with Gasteiger partial charge in [-0.3, -0.25) is 4.79 Å². The molecule has 3 nitrogen and oxygen atoms in total. The number of ketones is 1. The first-order chi connectivity index (χ1) is 10.7. The van der Waals surface area contributed by atoms with Gasteiger partial charge in [0.2, 0.25) is 5.78 Å². The molecule has 2 aromatic carbocycles. The third kappa shape index (κ3) is 3.62. The molecule has 0 saturated carbocycles. The highest BCUT2D eigenvalue weighted by Crippen LogP contribution is 2.16. The number of allylic oxidation sites excluding steroid dienone is 1. The number of nitrogens with zero attached hydrogens (tertiary/aromatic N) is 1. The normalized spacial score (nSPS) is 10.9. The fourth-order valence-electron chi connectivity index (χ4n) is 2.06. The Morgan fingerprint density at radius 3 is 2.27 bits per heavy atom. The van der Waals surface area contributed by atoms with E-state index in [0.29, 0.717) is 11.3 Å². The monoisotopic (exact) mass is 291 g/mol. The van der Waals surface area contributed by atoms with Crippen molar-refractivity contribution in [1.82, 2.24) is 0 Å². The Kier molecular flexibility index (Phi) is 5.11. The molecule has 0 radical (unpaired) electrons. The first-order valence-electron chi connectivity index (χ1n) is 7.07. The van der Waals surface area contributed by atoms with Crippen molar-refractivity contribution in [3.63, 3.8) is 0 Å². The van der Waals surface area contributed by atoms with Crippen LogP contribution >= 0.6 is 0 Å². The SMILES string of the molecule is CCc1ccc(/C=C(/C#N)C(=O)c2ccc(OC)cc2)cc1. The number of rotatable bonds is 5. The van der Waals surface area contributed by atoms with E-state index in [0.717, 1.165) is 12.0 Å². The van der Waals surface area contributed by atoms with Gasteiger partial charge in [-0.25, -0.2) is 0 Å². The van der Waals surface area contributed by atoms with Gasteiger partial charge in [-0.15, -0.1) is 0 Å². The predicted octanol–water partition coefficient (Wildman–Crippen LogP) is 4.05. The minimum atomic E-state index is -0.287. The Morgan fingerprint density at radius 1 is 1.14 bits per heavy atom. The van der Waals surface area contributed by atoms with Crippen LogP contribution in [-0.4, -0.2) is 12.9 Å². The van der Waals surface area contributed by atoms with Crippen LogP contribution in [0.1, 0.15) is 28.4 Å². The minimum Gasteiger partial charge on any atom is -0.497 e. The van der Waals surface area contributed by atoms with Gasteiger partial charge in [0.15, 0.2) is 0 Å². The first-order valence-corrected chi connectivity index (χ1v) is 7.07. The van der Waals surface area contributed by atoms with E-state index in [1.54, 1.807) is 37.5 Å². The first kappa shape index (κ1) is 15.5. The van der Waals surface area contributed by atoms with E-state index < -0.39 is 0 Å². The van der Waals surface area contributed by atoms with Gasteiger partial charge in [0.05, 0.1) is 7.11 Å². The van der Waals surface area contributed by atoms with Gasteiger partial charge in [0.1, 0.15) is 17.4 Å². The number of hydrogen-bond donors (Lipinski definition) is 0. The summed E-state index contributed by atoms with van der Waals surface area (Å²) in [6, 6.07) is 16.5. The summed E-state index contributed by atoms with van der Waals surface area (Å²) in [7, 11) is 1.57. The van der Waals surface area contributed by atoms with Crippen molar-refractivity contribution in [1.29, 1.82) is 5.26 Å². The molecule has 0 amide bonds. The molecule has 110 valence electrons. The molecule has 0 fully saturated rings. The molecule has 2 rings (SSSR count). The van der Waals surface area contributed by atoms with Gasteiger partial charge in [-0.1, -0.05) is 31.2 Å². The summed E-state index contributed by atoms with van der Waals surface area (Å²) in [5, 5.41) is 9.26. The van der Waals surface area contributed by atoms with Crippen LogP contribution in [0.4, 0.5) is 0 Å². The molecule has 0 unspecified atom stereocenters. The molecule has 0 N–H and O–H groups in total. The maximum absolute atomic E-state index is 12.4. The van der Waals surface area contributed by atoms with E-state index in [1.807, 2.05) is 30.3 Å². The average molecular weight is 291 g/mol. The zero-order valence-electron chi connectivity index (χ0n) is 12.7. The average Bonchev–Trinajstić information content (AvgIpc) is 2.59. The highest BCUT2D eigenvalue weighted by Gasteiger charge is 2.12. The second kappa shape index (κ2) is 7.24. The minimum absolute atomic E-state index is 0.120. The van der Waals surface area contributed by atoms with Crippen molar-refractivity contribution in [2.45, 2.75) is 13.3 Å². The number of nitriles is 1. The van der Waals surface area contributed by atoms with Crippen molar-refractivity contribution in [3.05, 3.63) is 70.8 Å². The third-order valence-corrected chi connectivity index (χ3v) is 3.42. The largest absolute Gasteiger partial charge is 0.497 e. The standard InChI is InChI=1S/C19H17NO2/c1-3-14-4-6-15(7-5-14)12-17(13-20)19(21)16-8-10-18(22-2)11-9-16/h4-12H,3H2,1-2H3/b17-12-. The Balaban J connectivity index is 2.27. The lowest BCUT2D eigenvalue weighted by atomic mass is 10.0. The molecule has 0 atom stereocenters. The van der Waals surface area contributed by atoms with Crippen molar-refractivity contribution >= 4 is 11.9 Å². The zero-order valence-corrected chi connectivity index (χ0v) is 12.7. The van der Waals surface area contributed by atoms with Crippen LogP contribution < -0.4 is 4.74 Å². The number of aryl methyl sites for hydroxylation is 1. The third-order valence-electron chi connectivity index (χ3n) is 3.42. The van der Waals surface area contributed by atoms with E-state index in [4.69, 9.17) is 4.74 Å². The second-order valence-electron chi connectivity index (χ2n) is 4.82. The molecule has 0 spiro atoms. The highest BCUT2D eigenvalue weighted by molar-refractivity contribution is 6.14. The molecular formula is C19H17NO2. The highest BCUT2D eigenvalue weighted by atomic mass is 16.5. The number of ether oxygens (including phenoxy) is 1. The summed E-state index contributed by atoms with van der Waals surface area (Å²) >= 11 is 0. The quantitative estimate of drug-likeness (QED) is 0.474. The number of methoxy groups -OCH3 is 1. The van der Waals surface area contributed by atoms with Crippen LogP contribution in [-0.2, 0) is 6.42 Å². The lowest BCUT2D eigenvalue weighted by Crippen LogP contribution is -2.01. The van der Waals surface area contributed by atoms with E-state index in [1.165, 1.54) is 5.56 Å². The Hall–Kier alpha value is -2.86. The lowest BCUT2D eigenvalue weighted by molar-refractivity contribution is 0.104. The molecule has 22 heavy (non-hydrogen) atoms. The van der Waals surface area contributed by atoms with Crippen LogP contribution in [0.15, 0.2) is 54.1 Å². The molecule has 3 heteroatoms. The molecule has 0 heterocycles. The van der Waals surface area contributed by atoms with Crippen LogP contribution in [0.2, 0.25) is 0 Å². The van der Waals surface area contributed by atoms with Crippen molar-refractivity contribution < 1.29 is 9.53 Å². The number of benzene rings is 2. The molecule has 0 aliphatic rings. The summed E-state index contributed by atoms with van der Waals surface area (Å²) < 4.78 is 5.06. The molecule has 0 bridgehead atoms. The molecule has 0 saturated heterocycles. The van der Waals surface area contributed by atoms with Gasteiger partial charge in [0, 0.05) is 5.56 Å². The predicted molar refractivity (Wildman–Crippen MR) is 86.7 cm³/mol. The maximum Gasteiger partial charge on any atom is 0.203 e. The molecule has 0 aromatic heterocycles. The fraction of sp³-hybridized carbons (Fsp3) is 0.158. The summed E-state index contributed by atoms with van der Waals surface area (Å²) in [5.41, 5.74) is 2.65. The topological polar surface area (TPSA) is 50.1 Å². The van der Waals surface area contributed by atoms with E-state index in [2.05, 4.69) is 6.92 Å². The van der Waals surface area contributed by atoms with Gasteiger partial charge in [0.25, 0.3) is 0 Å².